The van der Waals surface area contributed by atoms with Crippen molar-refractivity contribution in [1.82, 2.24) is 0 Å². The summed E-state index contributed by atoms with van der Waals surface area (Å²) in [5, 5.41) is 0. The zero-order valence-corrected chi connectivity index (χ0v) is 13.6. The molecule has 3 atom stereocenters. The average molecular weight is 284 g/mol. The van der Waals surface area contributed by atoms with Gasteiger partial charge in [0.2, 0.25) is 5.78 Å². The van der Waals surface area contributed by atoms with Gasteiger partial charge in [-0.2, -0.15) is 0 Å². The van der Waals surface area contributed by atoms with Crippen LogP contribution < -0.4 is 0 Å². The molecule has 0 aromatic heterocycles. The van der Waals surface area contributed by atoms with Crippen molar-refractivity contribution in [2.24, 2.45) is 11.8 Å². The van der Waals surface area contributed by atoms with Crippen molar-refractivity contribution < 1.29 is 19.1 Å². The summed E-state index contributed by atoms with van der Waals surface area (Å²) in [5.74, 6) is 0.271. The molecule has 1 fully saturated rings. The highest BCUT2D eigenvalue weighted by Crippen LogP contribution is 2.38. The Bertz CT molecular complexity index is 363. The minimum Gasteiger partial charge on any atom is -0.369 e. The molecule has 20 heavy (non-hydrogen) atoms. The molecule has 116 valence electrons. The van der Waals surface area contributed by atoms with Crippen LogP contribution in [0.25, 0.3) is 0 Å². The summed E-state index contributed by atoms with van der Waals surface area (Å²) in [5.41, 5.74) is -1.23. The number of ketones is 1. The van der Waals surface area contributed by atoms with E-state index in [1.54, 1.807) is 0 Å². The molecule has 1 aliphatic heterocycles. The standard InChI is InChI=1S/C16H28O4/c1-11(2)7-15(5)10-19-16(6,8-12(3)4)14(20-15)13(18)9-17/h9,11-12,14H,7-8,10H2,1-6H3. The highest BCUT2D eigenvalue weighted by molar-refractivity contribution is 6.27. The van der Waals surface area contributed by atoms with E-state index in [1.165, 1.54) is 0 Å². The molecule has 0 aliphatic carbocycles. The maximum absolute atomic E-state index is 12.0. The van der Waals surface area contributed by atoms with Gasteiger partial charge in [0.1, 0.15) is 0 Å². The van der Waals surface area contributed by atoms with Crippen molar-refractivity contribution in [3.8, 4) is 0 Å². The van der Waals surface area contributed by atoms with Gasteiger partial charge < -0.3 is 9.47 Å². The lowest BCUT2D eigenvalue weighted by molar-refractivity contribution is -0.263. The van der Waals surface area contributed by atoms with E-state index in [2.05, 4.69) is 27.7 Å². The van der Waals surface area contributed by atoms with Gasteiger partial charge in [0.05, 0.1) is 17.8 Å². The monoisotopic (exact) mass is 284 g/mol. The summed E-state index contributed by atoms with van der Waals surface area (Å²) >= 11 is 0. The molecular weight excluding hydrogens is 256 g/mol. The maximum Gasteiger partial charge on any atom is 0.226 e. The molecule has 3 unspecified atom stereocenters. The van der Waals surface area contributed by atoms with Gasteiger partial charge >= 0.3 is 0 Å². The Balaban J connectivity index is 2.97. The summed E-state index contributed by atoms with van der Waals surface area (Å²) in [7, 11) is 0. The molecule has 0 N–H and O–H groups in total. The number of ether oxygens (including phenoxy) is 2. The van der Waals surface area contributed by atoms with Crippen LogP contribution >= 0.6 is 0 Å². The number of Topliss-reactive ketones (excluding diaryl/α,β-unsaturated/α-hetero) is 1. The Hall–Kier alpha value is -0.740. The first-order chi connectivity index (χ1) is 9.12. The molecule has 4 heteroatoms. The lowest BCUT2D eigenvalue weighted by atomic mass is 9.83. The van der Waals surface area contributed by atoms with Crippen molar-refractivity contribution in [3.05, 3.63) is 0 Å². The van der Waals surface area contributed by atoms with Gasteiger partial charge in [-0.3, -0.25) is 9.59 Å². The minimum absolute atomic E-state index is 0.355. The zero-order chi connectivity index (χ0) is 15.6. The fourth-order valence-electron chi connectivity index (χ4n) is 3.20. The SMILES string of the molecule is CC(C)CC1(C)COC(C)(CC(C)C)C(C(=O)C=O)O1. The van der Waals surface area contributed by atoms with Crippen LogP contribution in [0.15, 0.2) is 0 Å². The first-order valence-electron chi connectivity index (χ1n) is 7.43. The van der Waals surface area contributed by atoms with Crippen LogP contribution in [-0.2, 0) is 19.1 Å². The molecule has 0 radical (unpaired) electrons. The molecule has 1 rings (SSSR count). The van der Waals surface area contributed by atoms with E-state index in [1.807, 2.05) is 13.8 Å². The van der Waals surface area contributed by atoms with Crippen molar-refractivity contribution in [2.45, 2.75) is 71.7 Å². The summed E-state index contributed by atoms with van der Waals surface area (Å²) in [4.78, 5) is 22.9. The van der Waals surface area contributed by atoms with Crippen LogP contribution in [0.1, 0.15) is 54.4 Å². The zero-order valence-electron chi connectivity index (χ0n) is 13.6. The van der Waals surface area contributed by atoms with Crippen molar-refractivity contribution in [3.63, 3.8) is 0 Å². The third kappa shape index (κ3) is 4.13. The second kappa shape index (κ2) is 6.35. The van der Waals surface area contributed by atoms with E-state index in [-0.39, 0.29) is 0 Å². The second-order valence-electron chi connectivity index (χ2n) is 7.27. The van der Waals surface area contributed by atoms with Gasteiger partial charge in [-0.05, 0) is 38.5 Å². The molecule has 0 bridgehead atoms. The van der Waals surface area contributed by atoms with Crippen LogP contribution in [-0.4, -0.2) is 36.0 Å². The predicted molar refractivity (Wildman–Crippen MR) is 77.6 cm³/mol. The summed E-state index contributed by atoms with van der Waals surface area (Å²) in [6, 6.07) is 0. The van der Waals surface area contributed by atoms with Crippen LogP contribution in [0.4, 0.5) is 0 Å². The number of aldehydes is 1. The Morgan fingerprint density at radius 3 is 2.20 bits per heavy atom. The average Bonchev–Trinajstić information content (AvgIpc) is 2.30. The van der Waals surface area contributed by atoms with E-state index in [9.17, 15) is 9.59 Å². The highest BCUT2D eigenvalue weighted by atomic mass is 16.6. The minimum atomic E-state index is -0.806. The van der Waals surface area contributed by atoms with Crippen LogP contribution in [0.5, 0.6) is 0 Å². The topological polar surface area (TPSA) is 52.6 Å². The summed E-state index contributed by atoms with van der Waals surface area (Å²) in [6.45, 7) is 12.6. The molecule has 1 saturated heterocycles. The molecule has 0 aromatic rings. The molecule has 4 nitrogen and oxygen atoms in total. The molecule has 0 saturated carbocycles. The van der Waals surface area contributed by atoms with E-state index in [0.717, 1.165) is 6.42 Å². The fourth-order valence-corrected chi connectivity index (χ4v) is 3.20. The quantitative estimate of drug-likeness (QED) is 0.556. The number of hydrogen-bond donors (Lipinski definition) is 0. The summed E-state index contributed by atoms with van der Waals surface area (Å²) in [6.07, 6.45) is 1.04. The van der Waals surface area contributed by atoms with Gasteiger partial charge in [-0.1, -0.05) is 27.7 Å². The van der Waals surface area contributed by atoms with E-state index in [4.69, 9.17) is 9.47 Å². The van der Waals surface area contributed by atoms with Gasteiger partial charge in [-0.25, -0.2) is 0 Å². The van der Waals surface area contributed by atoms with Crippen molar-refractivity contribution in [2.75, 3.05) is 6.61 Å². The number of carbonyl (C=O) groups is 2. The smallest absolute Gasteiger partial charge is 0.226 e. The summed E-state index contributed by atoms with van der Waals surface area (Å²) < 4.78 is 12.1. The third-order valence-corrected chi connectivity index (χ3v) is 3.69. The number of hydrogen-bond acceptors (Lipinski definition) is 4. The maximum atomic E-state index is 12.0. The van der Waals surface area contributed by atoms with Crippen molar-refractivity contribution in [1.29, 1.82) is 0 Å². The lowest BCUT2D eigenvalue weighted by Gasteiger charge is -2.48. The van der Waals surface area contributed by atoms with Gasteiger partial charge in [-0.15, -0.1) is 0 Å². The lowest BCUT2D eigenvalue weighted by Crippen LogP contribution is -2.60. The normalized spacial score (nSPS) is 34.5. The van der Waals surface area contributed by atoms with Gasteiger partial charge in [0, 0.05) is 0 Å². The van der Waals surface area contributed by atoms with E-state index in [0.29, 0.717) is 31.1 Å². The highest BCUT2D eigenvalue weighted by Gasteiger charge is 2.50. The van der Waals surface area contributed by atoms with Crippen LogP contribution in [0.3, 0.4) is 0 Å². The Morgan fingerprint density at radius 2 is 1.75 bits per heavy atom. The molecule has 0 spiro atoms. The molecule has 0 aromatic carbocycles. The molecule has 0 amide bonds. The van der Waals surface area contributed by atoms with Crippen LogP contribution in [0.2, 0.25) is 0 Å². The number of carbonyl (C=O) groups excluding carboxylic acids is 2. The van der Waals surface area contributed by atoms with Gasteiger partial charge in [0.25, 0.3) is 0 Å². The molecule has 1 heterocycles. The van der Waals surface area contributed by atoms with Gasteiger partial charge in [0.15, 0.2) is 12.4 Å². The van der Waals surface area contributed by atoms with E-state index < -0.39 is 23.1 Å². The Morgan fingerprint density at radius 1 is 1.20 bits per heavy atom. The van der Waals surface area contributed by atoms with E-state index >= 15 is 0 Å². The first-order valence-corrected chi connectivity index (χ1v) is 7.43. The first kappa shape index (κ1) is 17.3. The largest absolute Gasteiger partial charge is 0.369 e. The van der Waals surface area contributed by atoms with Crippen LogP contribution in [0, 0.1) is 11.8 Å². The Kier molecular flexibility index (Phi) is 5.50. The number of rotatable bonds is 6. The predicted octanol–water partition coefficient (Wildman–Crippen LogP) is 2.78. The third-order valence-electron chi connectivity index (χ3n) is 3.69. The Labute approximate surface area is 122 Å². The van der Waals surface area contributed by atoms with Crippen molar-refractivity contribution >= 4 is 12.1 Å². The fraction of sp³-hybridized carbons (Fsp3) is 0.875. The molecule has 1 aliphatic rings. The molecular formula is C16H28O4. The second-order valence-corrected chi connectivity index (χ2v) is 7.27.